The van der Waals surface area contributed by atoms with Crippen molar-refractivity contribution < 1.29 is 4.79 Å². The second-order valence-electron chi connectivity index (χ2n) is 4.97. The van der Waals surface area contributed by atoms with Crippen LogP contribution >= 0.6 is 11.3 Å². The van der Waals surface area contributed by atoms with Crippen LogP contribution in [0.2, 0.25) is 0 Å². The molecule has 0 aromatic carbocycles. The highest BCUT2D eigenvalue weighted by Gasteiger charge is 2.24. The summed E-state index contributed by atoms with van der Waals surface area (Å²) in [6, 6.07) is 0.524. The molecule has 1 heterocycles. The van der Waals surface area contributed by atoms with Gasteiger partial charge in [0, 0.05) is 12.6 Å². The summed E-state index contributed by atoms with van der Waals surface area (Å²) >= 11 is 1.34. The van der Waals surface area contributed by atoms with Crippen LogP contribution in [0.25, 0.3) is 0 Å². The van der Waals surface area contributed by atoms with Gasteiger partial charge in [-0.1, -0.05) is 37.5 Å². The zero-order valence-electron chi connectivity index (χ0n) is 11.4. The summed E-state index contributed by atoms with van der Waals surface area (Å²) in [6.45, 7) is 2.88. The van der Waals surface area contributed by atoms with E-state index in [2.05, 4.69) is 22.5 Å². The molecule has 1 fully saturated rings. The first kappa shape index (κ1) is 14.1. The number of anilines is 2. The molecule has 1 aromatic rings. The third-order valence-electron chi connectivity index (χ3n) is 3.08. The van der Waals surface area contributed by atoms with Gasteiger partial charge < -0.3 is 16.4 Å². The number of nitrogen functional groups attached to an aromatic ring is 1. The van der Waals surface area contributed by atoms with Gasteiger partial charge in [0.15, 0.2) is 5.13 Å². The number of thiazole rings is 1. The van der Waals surface area contributed by atoms with Gasteiger partial charge >= 0.3 is 0 Å². The average molecular weight is 282 g/mol. The number of nitrogens with zero attached hydrogens (tertiary/aromatic N) is 1. The lowest BCUT2D eigenvalue weighted by Gasteiger charge is -2.03. The van der Waals surface area contributed by atoms with Gasteiger partial charge in [0.25, 0.3) is 5.91 Å². The Hall–Kier alpha value is -1.30. The van der Waals surface area contributed by atoms with Crippen LogP contribution < -0.4 is 16.4 Å². The summed E-state index contributed by atoms with van der Waals surface area (Å²) in [4.78, 5) is 16.7. The second kappa shape index (κ2) is 6.75. The zero-order valence-corrected chi connectivity index (χ0v) is 12.2. The lowest BCUT2D eigenvalue weighted by molar-refractivity contribution is 0.0957. The Balaban J connectivity index is 1.78. The topological polar surface area (TPSA) is 80.0 Å². The van der Waals surface area contributed by atoms with Crippen molar-refractivity contribution in [3.05, 3.63) is 4.88 Å². The van der Waals surface area contributed by atoms with E-state index in [1.807, 2.05) is 0 Å². The number of unbranched alkanes of at least 4 members (excludes halogenated alkanes) is 3. The normalized spacial score (nSPS) is 14.4. The number of aromatic nitrogens is 1. The number of nitrogens with one attached hydrogen (secondary N) is 2. The van der Waals surface area contributed by atoms with E-state index >= 15 is 0 Å². The van der Waals surface area contributed by atoms with Gasteiger partial charge in [-0.25, -0.2) is 4.98 Å². The molecule has 0 bridgehead atoms. The molecule has 4 N–H and O–H groups in total. The van der Waals surface area contributed by atoms with Gasteiger partial charge in [0.05, 0.1) is 0 Å². The monoisotopic (exact) mass is 282 g/mol. The first-order valence-corrected chi connectivity index (χ1v) is 7.83. The number of rotatable bonds is 8. The van der Waals surface area contributed by atoms with Crippen LogP contribution in [0.15, 0.2) is 0 Å². The van der Waals surface area contributed by atoms with Crippen molar-refractivity contribution in [1.29, 1.82) is 0 Å². The molecule has 6 heteroatoms. The molecule has 1 aliphatic carbocycles. The van der Waals surface area contributed by atoms with Crippen molar-refractivity contribution in [1.82, 2.24) is 10.3 Å². The molecule has 106 valence electrons. The first-order valence-electron chi connectivity index (χ1n) is 7.01. The van der Waals surface area contributed by atoms with Gasteiger partial charge in [-0.3, -0.25) is 4.79 Å². The van der Waals surface area contributed by atoms with E-state index in [0.29, 0.717) is 23.3 Å². The molecular formula is C13H22N4OS. The Morgan fingerprint density at radius 2 is 2.21 bits per heavy atom. The molecular weight excluding hydrogens is 260 g/mol. The summed E-state index contributed by atoms with van der Waals surface area (Å²) in [5.74, 6) is 0.231. The van der Waals surface area contributed by atoms with E-state index < -0.39 is 0 Å². The zero-order chi connectivity index (χ0) is 13.7. The summed E-state index contributed by atoms with van der Waals surface area (Å²) in [7, 11) is 0. The molecule has 0 spiro atoms. The lowest BCUT2D eigenvalue weighted by Crippen LogP contribution is -2.24. The fourth-order valence-corrected chi connectivity index (χ4v) is 2.67. The number of carbonyl (C=O) groups is 1. The molecule has 1 aliphatic rings. The van der Waals surface area contributed by atoms with Crippen LogP contribution in [0.1, 0.15) is 55.1 Å². The van der Waals surface area contributed by atoms with Crippen LogP contribution in [0.3, 0.4) is 0 Å². The summed E-state index contributed by atoms with van der Waals surface area (Å²) < 4.78 is 0. The van der Waals surface area contributed by atoms with Crippen molar-refractivity contribution in [2.24, 2.45) is 0 Å². The SMILES string of the molecule is CCCCCCNC(=O)c1sc(NC2CC2)nc1N. The highest BCUT2D eigenvalue weighted by molar-refractivity contribution is 7.18. The Kier molecular flexibility index (Phi) is 5.01. The molecule has 2 rings (SSSR count). The Bertz CT molecular complexity index is 428. The first-order chi connectivity index (χ1) is 9.20. The maximum Gasteiger partial charge on any atom is 0.265 e. The average Bonchev–Trinajstić information content (AvgIpc) is 3.11. The summed E-state index contributed by atoms with van der Waals surface area (Å²) in [5, 5.41) is 6.93. The summed E-state index contributed by atoms with van der Waals surface area (Å²) in [6.07, 6.45) is 6.95. The van der Waals surface area contributed by atoms with Gasteiger partial charge in [0.1, 0.15) is 10.7 Å². The quantitative estimate of drug-likeness (QED) is 0.640. The van der Waals surface area contributed by atoms with Gasteiger partial charge in [-0.05, 0) is 19.3 Å². The van der Waals surface area contributed by atoms with Crippen molar-refractivity contribution in [3.8, 4) is 0 Å². The van der Waals surface area contributed by atoms with E-state index in [9.17, 15) is 4.79 Å². The predicted molar refractivity (Wildman–Crippen MR) is 79.6 cm³/mol. The van der Waals surface area contributed by atoms with E-state index in [-0.39, 0.29) is 5.91 Å². The molecule has 19 heavy (non-hydrogen) atoms. The minimum atomic E-state index is -0.102. The van der Waals surface area contributed by atoms with Crippen molar-refractivity contribution in [2.45, 2.75) is 51.5 Å². The maximum atomic E-state index is 12.0. The van der Waals surface area contributed by atoms with Crippen LogP contribution in [0.4, 0.5) is 10.9 Å². The van der Waals surface area contributed by atoms with Crippen molar-refractivity contribution in [3.63, 3.8) is 0 Å². The lowest BCUT2D eigenvalue weighted by atomic mass is 10.2. The smallest absolute Gasteiger partial charge is 0.265 e. The fraction of sp³-hybridized carbons (Fsp3) is 0.692. The van der Waals surface area contributed by atoms with Crippen LogP contribution in [0.5, 0.6) is 0 Å². The third kappa shape index (κ3) is 4.38. The van der Waals surface area contributed by atoms with Crippen molar-refractivity contribution >= 4 is 28.2 Å². The Morgan fingerprint density at radius 3 is 2.89 bits per heavy atom. The number of carbonyl (C=O) groups excluding carboxylic acids is 1. The highest BCUT2D eigenvalue weighted by atomic mass is 32.1. The largest absolute Gasteiger partial charge is 0.382 e. The highest BCUT2D eigenvalue weighted by Crippen LogP contribution is 2.30. The molecule has 1 aromatic heterocycles. The molecule has 5 nitrogen and oxygen atoms in total. The van der Waals surface area contributed by atoms with Crippen LogP contribution in [-0.4, -0.2) is 23.5 Å². The van der Waals surface area contributed by atoms with Crippen molar-refractivity contribution in [2.75, 3.05) is 17.6 Å². The molecule has 0 unspecified atom stereocenters. The fourth-order valence-electron chi connectivity index (χ4n) is 1.79. The Labute approximate surface area is 118 Å². The molecule has 0 radical (unpaired) electrons. The predicted octanol–water partition coefficient (Wildman–Crippen LogP) is 2.61. The van der Waals surface area contributed by atoms with E-state index in [0.717, 1.165) is 18.0 Å². The Morgan fingerprint density at radius 1 is 1.42 bits per heavy atom. The van der Waals surface area contributed by atoms with E-state index in [1.165, 1.54) is 37.0 Å². The number of hydrogen-bond acceptors (Lipinski definition) is 5. The molecule has 0 atom stereocenters. The standard InChI is InChI=1S/C13H22N4OS/c1-2-3-4-5-8-15-12(18)10-11(14)17-13(19-10)16-9-6-7-9/h9H,2-8,14H2,1H3,(H,15,18)(H,16,17). The minimum Gasteiger partial charge on any atom is -0.382 e. The number of hydrogen-bond donors (Lipinski definition) is 3. The van der Waals surface area contributed by atoms with Crippen LogP contribution in [0, 0.1) is 0 Å². The van der Waals surface area contributed by atoms with Gasteiger partial charge in [-0.2, -0.15) is 0 Å². The van der Waals surface area contributed by atoms with E-state index in [4.69, 9.17) is 5.73 Å². The molecule has 0 aliphatic heterocycles. The van der Waals surface area contributed by atoms with Crippen LogP contribution in [-0.2, 0) is 0 Å². The van der Waals surface area contributed by atoms with Gasteiger partial charge in [0.2, 0.25) is 0 Å². The number of nitrogens with two attached hydrogens (primary N) is 1. The summed E-state index contributed by atoms with van der Waals surface area (Å²) in [5.41, 5.74) is 5.79. The van der Waals surface area contributed by atoms with E-state index in [1.54, 1.807) is 0 Å². The molecule has 1 saturated carbocycles. The molecule has 1 amide bonds. The maximum absolute atomic E-state index is 12.0. The second-order valence-corrected chi connectivity index (χ2v) is 5.97. The van der Waals surface area contributed by atoms with Gasteiger partial charge in [-0.15, -0.1) is 0 Å². The molecule has 0 saturated heterocycles. The third-order valence-corrected chi connectivity index (χ3v) is 4.08. The minimum absolute atomic E-state index is 0.102. The number of amides is 1.